The Morgan fingerprint density at radius 2 is 1.62 bits per heavy atom. The Morgan fingerprint density at radius 1 is 0.952 bits per heavy atom. The van der Waals surface area contributed by atoms with Crippen molar-refractivity contribution in [2.75, 3.05) is 13.7 Å². The number of nitrogens with zero attached hydrogens (tertiary/aromatic N) is 1. The van der Waals surface area contributed by atoms with Crippen LogP contribution in [0.2, 0.25) is 0 Å². The molecule has 21 heavy (non-hydrogen) atoms. The standard InChI is InChI=1S/C19H29NO/c1-18(2,3)15-9-8-14-12-17(19(4,5)6)20(10-11-21-7)16(14)13-15/h8-9,12-13H,10-11H2,1-7H3. The predicted molar refractivity (Wildman–Crippen MR) is 91.2 cm³/mol. The molecule has 0 spiro atoms. The van der Waals surface area contributed by atoms with E-state index in [9.17, 15) is 0 Å². The Morgan fingerprint density at radius 3 is 2.14 bits per heavy atom. The Hall–Kier alpha value is -1.28. The molecule has 2 rings (SSSR count). The van der Waals surface area contributed by atoms with Gasteiger partial charge in [-0.1, -0.05) is 53.7 Å². The van der Waals surface area contributed by atoms with Gasteiger partial charge in [-0.05, 0) is 28.5 Å². The van der Waals surface area contributed by atoms with Crippen LogP contribution >= 0.6 is 0 Å². The zero-order valence-corrected chi connectivity index (χ0v) is 14.6. The number of methoxy groups -OCH3 is 1. The summed E-state index contributed by atoms with van der Waals surface area (Å²) in [4.78, 5) is 0. The molecule has 0 atom stereocenters. The minimum absolute atomic E-state index is 0.134. The fourth-order valence-corrected chi connectivity index (χ4v) is 2.77. The first-order chi connectivity index (χ1) is 9.64. The van der Waals surface area contributed by atoms with Gasteiger partial charge in [-0.2, -0.15) is 0 Å². The smallest absolute Gasteiger partial charge is 0.0642 e. The van der Waals surface area contributed by atoms with Gasteiger partial charge in [-0.15, -0.1) is 0 Å². The third kappa shape index (κ3) is 3.32. The summed E-state index contributed by atoms with van der Waals surface area (Å²) in [5.41, 5.74) is 4.39. The van der Waals surface area contributed by atoms with E-state index in [1.54, 1.807) is 7.11 Å². The molecule has 2 nitrogen and oxygen atoms in total. The number of rotatable bonds is 3. The Balaban J connectivity index is 2.65. The van der Waals surface area contributed by atoms with E-state index in [0.29, 0.717) is 0 Å². The molecule has 0 saturated heterocycles. The monoisotopic (exact) mass is 287 g/mol. The molecule has 0 unspecified atom stereocenters. The zero-order valence-electron chi connectivity index (χ0n) is 14.6. The summed E-state index contributed by atoms with van der Waals surface area (Å²) in [5.74, 6) is 0. The molecule has 0 aliphatic rings. The second kappa shape index (κ2) is 5.49. The van der Waals surface area contributed by atoms with Gasteiger partial charge < -0.3 is 9.30 Å². The zero-order chi connectivity index (χ0) is 15.8. The molecule has 116 valence electrons. The lowest BCUT2D eigenvalue weighted by atomic mass is 9.87. The van der Waals surface area contributed by atoms with Crippen molar-refractivity contribution in [2.45, 2.75) is 58.9 Å². The highest BCUT2D eigenvalue weighted by atomic mass is 16.5. The number of fused-ring (bicyclic) bond motifs is 1. The maximum absolute atomic E-state index is 5.31. The summed E-state index contributed by atoms with van der Waals surface area (Å²) in [7, 11) is 1.77. The second-order valence-corrected chi connectivity index (χ2v) is 7.95. The molecule has 0 saturated carbocycles. The summed E-state index contributed by atoms with van der Waals surface area (Å²) < 4.78 is 7.73. The SMILES string of the molecule is COCCn1c(C(C)(C)C)cc2ccc(C(C)(C)C)cc21. The van der Waals surface area contributed by atoms with Crippen LogP contribution in [0.5, 0.6) is 0 Å². The van der Waals surface area contributed by atoms with Crippen LogP contribution in [0.1, 0.15) is 52.8 Å². The molecule has 0 aliphatic carbocycles. The van der Waals surface area contributed by atoms with Crippen molar-refractivity contribution in [1.82, 2.24) is 4.57 Å². The molecule has 0 fully saturated rings. The highest BCUT2D eigenvalue weighted by Crippen LogP contribution is 2.32. The van der Waals surface area contributed by atoms with Crippen LogP contribution in [-0.2, 0) is 22.1 Å². The van der Waals surface area contributed by atoms with E-state index in [2.05, 4.69) is 70.4 Å². The molecule has 2 heteroatoms. The van der Waals surface area contributed by atoms with E-state index in [1.807, 2.05) is 0 Å². The first-order valence-corrected chi connectivity index (χ1v) is 7.78. The van der Waals surface area contributed by atoms with Crippen LogP contribution in [-0.4, -0.2) is 18.3 Å². The quantitative estimate of drug-likeness (QED) is 0.784. The third-order valence-corrected chi connectivity index (χ3v) is 4.06. The van der Waals surface area contributed by atoms with Gasteiger partial charge in [-0.25, -0.2) is 0 Å². The second-order valence-electron chi connectivity index (χ2n) is 7.95. The number of aromatic nitrogens is 1. The summed E-state index contributed by atoms with van der Waals surface area (Å²) >= 11 is 0. The van der Waals surface area contributed by atoms with Gasteiger partial charge in [0.1, 0.15) is 0 Å². The maximum atomic E-state index is 5.31. The van der Waals surface area contributed by atoms with E-state index >= 15 is 0 Å². The average molecular weight is 287 g/mol. The van der Waals surface area contributed by atoms with Gasteiger partial charge in [-0.3, -0.25) is 0 Å². The molecule has 2 aromatic rings. The van der Waals surface area contributed by atoms with Crippen LogP contribution in [0.25, 0.3) is 10.9 Å². The number of benzene rings is 1. The van der Waals surface area contributed by atoms with Gasteiger partial charge >= 0.3 is 0 Å². The van der Waals surface area contributed by atoms with Gasteiger partial charge in [0.2, 0.25) is 0 Å². The van der Waals surface area contributed by atoms with Crippen molar-refractivity contribution in [3.63, 3.8) is 0 Å². The third-order valence-electron chi connectivity index (χ3n) is 4.06. The van der Waals surface area contributed by atoms with Crippen molar-refractivity contribution in [2.24, 2.45) is 0 Å². The molecule has 0 bridgehead atoms. The lowest BCUT2D eigenvalue weighted by Gasteiger charge is -2.23. The molecule has 1 aromatic heterocycles. The van der Waals surface area contributed by atoms with Crippen molar-refractivity contribution in [1.29, 1.82) is 0 Å². The first kappa shape index (κ1) is 16.1. The molecule has 0 amide bonds. The van der Waals surface area contributed by atoms with Crippen LogP contribution < -0.4 is 0 Å². The molecule has 0 aliphatic heterocycles. The highest BCUT2D eigenvalue weighted by Gasteiger charge is 2.22. The molecule has 0 N–H and O–H groups in total. The van der Waals surface area contributed by atoms with E-state index in [1.165, 1.54) is 22.2 Å². The number of hydrogen-bond acceptors (Lipinski definition) is 1. The van der Waals surface area contributed by atoms with Crippen molar-refractivity contribution in [3.8, 4) is 0 Å². The molecule has 1 aromatic carbocycles. The van der Waals surface area contributed by atoms with Crippen LogP contribution in [0.15, 0.2) is 24.3 Å². The Bertz CT molecular complexity index is 623. The van der Waals surface area contributed by atoms with Gasteiger partial charge in [0.05, 0.1) is 6.61 Å². The lowest BCUT2D eigenvalue weighted by Crippen LogP contribution is -2.19. The fraction of sp³-hybridized carbons (Fsp3) is 0.579. The van der Waals surface area contributed by atoms with E-state index < -0.39 is 0 Å². The average Bonchev–Trinajstić information content (AvgIpc) is 2.73. The highest BCUT2D eigenvalue weighted by molar-refractivity contribution is 5.82. The molecule has 0 radical (unpaired) electrons. The molecular formula is C19H29NO. The topological polar surface area (TPSA) is 14.2 Å². The Kier molecular flexibility index (Phi) is 4.21. The largest absolute Gasteiger partial charge is 0.383 e. The van der Waals surface area contributed by atoms with Crippen molar-refractivity contribution in [3.05, 3.63) is 35.5 Å². The normalized spacial score (nSPS) is 13.1. The first-order valence-electron chi connectivity index (χ1n) is 7.78. The van der Waals surface area contributed by atoms with Crippen LogP contribution in [0, 0.1) is 0 Å². The van der Waals surface area contributed by atoms with Crippen LogP contribution in [0.4, 0.5) is 0 Å². The summed E-state index contributed by atoms with van der Waals surface area (Å²) in [6.07, 6.45) is 0. The van der Waals surface area contributed by atoms with Crippen LogP contribution in [0.3, 0.4) is 0 Å². The van der Waals surface area contributed by atoms with E-state index in [4.69, 9.17) is 4.74 Å². The van der Waals surface area contributed by atoms with Crippen molar-refractivity contribution < 1.29 is 4.74 Å². The molecule has 1 heterocycles. The Labute approximate surface area is 129 Å². The fourth-order valence-electron chi connectivity index (χ4n) is 2.77. The minimum Gasteiger partial charge on any atom is -0.383 e. The van der Waals surface area contributed by atoms with Gasteiger partial charge in [0, 0.05) is 30.3 Å². The predicted octanol–water partition coefficient (Wildman–Crippen LogP) is 4.88. The van der Waals surface area contributed by atoms with Crippen molar-refractivity contribution >= 4 is 10.9 Å². The molecular weight excluding hydrogens is 258 g/mol. The minimum atomic E-state index is 0.134. The summed E-state index contributed by atoms with van der Waals surface area (Å²) in [6.45, 7) is 15.3. The van der Waals surface area contributed by atoms with E-state index in [-0.39, 0.29) is 10.8 Å². The maximum Gasteiger partial charge on any atom is 0.0642 e. The van der Waals surface area contributed by atoms with E-state index in [0.717, 1.165) is 13.2 Å². The van der Waals surface area contributed by atoms with Gasteiger partial charge in [0.15, 0.2) is 0 Å². The summed E-state index contributed by atoms with van der Waals surface area (Å²) in [5, 5.41) is 1.32. The van der Waals surface area contributed by atoms with Gasteiger partial charge in [0.25, 0.3) is 0 Å². The number of hydrogen-bond donors (Lipinski definition) is 0. The lowest BCUT2D eigenvalue weighted by molar-refractivity contribution is 0.186. The summed E-state index contributed by atoms with van der Waals surface area (Å²) in [6, 6.07) is 9.20. The number of ether oxygens (including phenoxy) is 1.